The Morgan fingerprint density at radius 3 is 2.83 bits per heavy atom. The Hall–Kier alpha value is -1.19. The second-order valence-corrected chi connectivity index (χ2v) is 5.94. The summed E-state index contributed by atoms with van der Waals surface area (Å²) in [5, 5.41) is 5.40. The van der Waals surface area contributed by atoms with Crippen LogP contribution in [0.5, 0.6) is 5.75 Å². The van der Waals surface area contributed by atoms with Crippen molar-refractivity contribution in [3.8, 4) is 5.75 Å². The molecular weight excluding hydrogens is 248 g/mol. The standard InChI is InChI=1S/C14H17ClN2O/c1-14(2)6-9-8-4-13(18-3)10(15)5-11(8)17-12(9)7-16-14/h4-5,16-17H,6-7H2,1-3H3. The molecule has 1 aromatic heterocycles. The number of benzene rings is 1. The van der Waals surface area contributed by atoms with E-state index in [9.17, 15) is 0 Å². The second-order valence-electron chi connectivity index (χ2n) is 5.53. The molecule has 0 bridgehead atoms. The third-order valence-electron chi connectivity index (χ3n) is 3.63. The molecule has 18 heavy (non-hydrogen) atoms. The number of hydrogen-bond donors (Lipinski definition) is 2. The maximum atomic E-state index is 6.16. The van der Waals surface area contributed by atoms with Gasteiger partial charge in [0.05, 0.1) is 12.1 Å². The van der Waals surface area contributed by atoms with Crippen molar-refractivity contribution in [2.45, 2.75) is 32.4 Å². The van der Waals surface area contributed by atoms with Crippen LogP contribution in [0.4, 0.5) is 0 Å². The van der Waals surface area contributed by atoms with Crippen LogP contribution in [0.1, 0.15) is 25.1 Å². The summed E-state index contributed by atoms with van der Waals surface area (Å²) in [4.78, 5) is 3.44. The molecule has 0 saturated heterocycles. The highest BCUT2D eigenvalue weighted by Gasteiger charge is 2.27. The molecule has 0 aliphatic carbocycles. The molecule has 0 unspecified atom stereocenters. The lowest BCUT2D eigenvalue weighted by Gasteiger charge is -2.31. The third-order valence-corrected chi connectivity index (χ3v) is 3.92. The van der Waals surface area contributed by atoms with E-state index in [1.165, 1.54) is 16.6 Å². The largest absolute Gasteiger partial charge is 0.495 e. The van der Waals surface area contributed by atoms with Crippen LogP contribution in [-0.4, -0.2) is 17.6 Å². The van der Waals surface area contributed by atoms with Gasteiger partial charge in [0.25, 0.3) is 0 Å². The van der Waals surface area contributed by atoms with Gasteiger partial charge in [-0.2, -0.15) is 0 Å². The molecule has 0 fully saturated rings. The number of nitrogens with one attached hydrogen (secondary N) is 2. The van der Waals surface area contributed by atoms with E-state index < -0.39 is 0 Å². The van der Waals surface area contributed by atoms with E-state index >= 15 is 0 Å². The van der Waals surface area contributed by atoms with Crippen molar-refractivity contribution in [2.75, 3.05) is 7.11 Å². The third kappa shape index (κ3) is 1.78. The minimum absolute atomic E-state index is 0.134. The van der Waals surface area contributed by atoms with Gasteiger partial charge in [0.15, 0.2) is 0 Å². The Labute approximate surface area is 111 Å². The monoisotopic (exact) mass is 264 g/mol. The van der Waals surface area contributed by atoms with Crippen LogP contribution in [0.15, 0.2) is 12.1 Å². The number of fused-ring (bicyclic) bond motifs is 3. The highest BCUT2D eigenvalue weighted by Crippen LogP contribution is 2.35. The van der Waals surface area contributed by atoms with Gasteiger partial charge in [-0.25, -0.2) is 0 Å². The number of aromatic amines is 1. The molecule has 3 nitrogen and oxygen atoms in total. The molecule has 96 valence electrons. The molecular formula is C14H17ClN2O. The molecule has 1 aromatic carbocycles. The summed E-state index contributed by atoms with van der Waals surface area (Å²) < 4.78 is 5.30. The molecule has 1 aliphatic rings. The van der Waals surface area contributed by atoms with Gasteiger partial charge >= 0.3 is 0 Å². The number of methoxy groups -OCH3 is 1. The fourth-order valence-electron chi connectivity index (χ4n) is 2.65. The zero-order chi connectivity index (χ0) is 12.9. The van der Waals surface area contributed by atoms with E-state index in [4.69, 9.17) is 16.3 Å². The first-order chi connectivity index (χ1) is 8.50. The van der Waals surface area contributed by atoms with Gasteiger partial charge in [0.2, 0.25) is 0 Å². The number of hydrogen-bond acceptors (Lipinski definition) is 2. The smallest absolute Gasteiger partial charge is 0.138 e. The second kappa shape index (κ2) is 3.90. The fraction of sp³-hybridized carbons (Fsp3) is 0.429. The van der Waals surface area contributed by atoms with E-state index in [1.807, 2.05) is 12.1 Å². The average molecular weight is 265 g/mol. The average Bonchev–Trinajstić information content (AvgIpc) is 2.63. The molecule has 3 rings (SSSR count). The number of halogens is 1. The van der Waals surface area contributed by atoms with Gasteiger partial charge in [0, 0.05) is 28.7 Å². The Morgan fingerprint density at radius 1 is 1.33 bits per heavy atom. The van der Waals surface area contributed by atoms with Crippen molar-refractivity contribution in [3.63, 3.8) is 0 Å². The number of rotatable bonds is 1. The van der Waals surface area contributed by atoms with E-state index in [1.54, 1.807) is 7.11 Å². The maximum Gasteiger partial charge on any atom is 0.138 e. The van der Waals surface area contributed by atoms with E-state index in [2.05, 4.69) is 24.1 Å². The van der Waals surface area contributed by atoms with E-state index in [0.29, 0.717) is 5.02 Å². The summed E-state index contributed by atoms with van der Waals surface area (Å²) >= 11 is 6.16. The Morgan fingerprint density at radius 2 is 2.11 bits per heavy atom. The molecule has 4 heteroatoms. The van der Waals surface area contributed by atoms with Crippen LogP contribution in [0, 0.1) is 0 Å². The topological polar surface area (TPSA) is 37.0 Å². The zero-order valence-corrected chi connectivity index (χ0v) is 11.6. The van der Waals surface area contributed by atoms with Crippen LogP contribution >= 0.6 is 11.6 Å². The predicted octanol–water partition coefficient (Wildman–Crippen LogP) is 3.25. The van der Waals surface area contributed by atoms with Crippen LogP contribution in [-0.2, 0) is 13.0 Å². The van der Waals surface area contributed by atoms with Gasteiger partial charge in [-0.05, 0) is 38.0 Å². The molecule has 2 aromatic rings. The lowest BCUT2D eigenvalue weighted by atomic mass is 9.89. The Balaban J connectivity index is 2.22. The van der Waals surface area contributed by atoms with Crippen molar-refractivity contribution in [2.24, 2.45) is 0 Å². The minimum atomic E-state index is 0.134. The van der Waals surface area contributed by atoms with Crippen LogP contribution in [0.3, 0.4) is 0 Å². The molecule has 2 heterocycles. The predicted molar refractivity (Wildman–Crippen MR) is 74.5 cm³/mol. The first-order valence-electron chi connectivity index (χ1n) is 6.12. The van der Waals surface area contributed by atoms with Gasteiger partial charge < -0.3 is 15.0 Å². The fourth-order valence-corrected chi connectivity index (χ4v) is 2.89. The van der Waals surface area contributed by atoms with Crippen LogP contribution < -0.4 is 10.1 Å². The molecule has 0 amide bonds. The van der Waals surface area contributed by atoms with Gasteiger partial charge in [0.1, 0.15) is 5.75 Å². The van der Waals surface area contributed by atoms with Crippen molar-refractivity contribution >= 4 is 22.5 Å². The summed E-state index contributed by atoms with van der Waals surface area (Å²) in [5.74, 6) is 0.738. The van der Waals surface area contributed by atoms with Gasteiger partial charge in [-0.15, -0.1) is 0 Å². The molecule has 1 aliphatic heterocycles. The maximum absolute atomic E-state index is 6.16. The quantitative estimate of drug-likeness (QED) is 0.830. The van der Waals surface area contributed by atoms with Crippen molar-refractivity contribution < 1.29 is 4.74 Å². The molecule has 0 saturated carbocycles. The Kier molecular flexibility index (Phi) is 2.57. The van der Waals surface area contributed by atoms with E-state index in [0.717, 1.165) is 24.2 Å². The first kappa shape index (κ1) is 11.9. The van der Waals surface area contributed by atoms with Crippen molar-refractivity contribution in [1.29, 1.82) is 0 Å². The van der Waals surface area contributed by atoms with Gasteiger partial charge in [-0.1, -0.05) is 11.6 Å². The minimum Gasteiger partial charge on any atom is -0.495 e. The summed E-state index contributed by atoms with van der Waals surface area (Å²) in [6.45, 7) is 5.32. The Bertz CT molecular complexity index is 616. The number of H-pyrrole nitrogens is 1. The molecule has 0 radical (unpaired) electrons. The summed E-state index contributed by atoms with van der Waals surface area (Å²) in [7, 11) is 1.65. The highest BCUT2D eigenvalue weighted by molar-refractivity contribution is 6.32. The zero-order valence-electron chi connectivity index (χ0n) is 10.9. The van der Waals surface area contributed by atoms with Crippen LogP contribution in [0.25, 0.3) is 10.9 Å². The lowest BCUT2D eigenvalue weighted by Crippen LogP contribution is -2.44. The molecule has 2 N–H and O–H groups in total. The first-order valence-corrected chi connectivity index (χ1v) is 6.50. The van der Waals surface area contributed by atoms with Crippen LogP contribution in [0.2, 0.25) is 5.02 Å². The van der Waals surface area contributed by atoms with E-state index in [-0.39, 0.29) is 5.54 Å². The summed E-state index contributed by atoms with van der Waals surface area (Å²) in [6.07, 6.45) is 1.01. The lowest BCUT2D eigenvalue weighted by molar-refractivity contribution is 0.361. The SMILES string of the molecule is COc1cc2c3c([nH]c2cc1Cl)CNC(C)(C)C3. The van der Waals surface area contributed by atoms with Gasteiger partial charge in [-0.3, -0.25) is 0 Å². The number of ether oxygens (including phenoxy) is 1. The summed E-state index contributed by atoms with van der Waals surface area (Å²) in [5.41, 5.74) is 3.86. The number of aromatic nitrogens is 1. The highest BCUT2D eigenvalue weighted by atomic mass is 35.5. The summed E-state index contributed by atoms with van der Waals surface area (Å²) in [6, 6.07) is 3.98. The normalized spacial score (nSPS) is 17.8. The van der Waals surface area contributed by atoms with Crippen molar-refractivity contribution in [3.05, 3.63) is 28.4 Å². The molecule has 0 spiro atoms. The van der Waals surface area contributed by atoms with Crippen molar-refractivity contribution in [1.82, 2.24) is 10.3 Å². The molecule has 0 atom stereocenters.